The molecule has 1 N–H and O–H groups in total. The highest BCUT2D eigenvalue weighted by Gasteiger charge is 2.25. The number of nitrogens with zero attached hydrogens (tertiary/aromatic N) is 3. The first kappa shape index (κ1) is 21.3. The van der Waals surface area contributed by atoms with Crippen LogP contribution in [0, 0.1) is 10.1 Å². The van der Waals surface area contributed by atoms with Crippen molar-refractivity contribution in [3.63, 3.8) is 0 Å². The van der Waals surface area contributed by atoms with E-state index in [-0.39, 0.29) is 17.6 Å². The Hall–Kier alpha value is -2.45. The molecule has 1 aromatic rings. The monoisotopic (exact) mass is 402 g/mol. The van der Waals surface area contributed by atoms with Crippen LogP contribution in [0.25, 0.3) is 0 Å². The van der Waals surface area contributed by atoms with E-state index in [9.17, 15) is 14.9 Å². The van der Waals surface area contributed by atoms with Gasteiger partial charge in [0.25, 0.3) is 11.6 Å². The number of amides is 1. The standard InChI is InChI=1S/C21H30N4O4/c1-16(2)5-8-23-9-6-17(7-10-23)22-21(26)19-15-18(25(27)28)3-4-20(19)24-11-13-29-14-12-24/h3-5,15,17H,6-14H2,1-2H3,(H,22,26). The summed E-state index contributed by atoms with van der Waals surface area (Å²) in [5.74, 6) is -0.238. The molecule has 2 heterocycles. The molecule has 1 amide bonds. The number of anilines is 1. The van der Waals surface area contributed by atoms with Crippen LogP contribution in [-0.2, 0) is 4.74 Å². The number of morpholine rings is 1. The zero-order chi connectivity index (χ0) is 20.8. The maximum Gasteiger partial charge on any atom is 0.270 e. The Morgan fingerprint density at radius 1 is 1.24 bits per heavy atom. The molecule has 0 bridgehead atoms. The molecule has 0 spiro atoms. The SMILES string of the molecule is CC(C)=CCN1CCC(NC(=O)c2cc([N+](=O)[O-])ccc2N2CCOCC2)CC1. The van der Waals surface area contributed by atoms with E-state index in [4.69, 9.17) is 4.74 Å². The highest BCUT2D eigenvalue weighted by atomic mass is 16.6. The molecule has 2 aliphatic heterocycles. The minimum Gasteiger partial charge on any atom is -0.378 e. The number of piperidine rings is 1. The van der Waals surface area contributed by atoms with Crippen molar-refractivity contribution < 1.29 is 14.5 Å². The molecule has 2 fully saturated rings. The van der Waals surface area contributed by atoms with E-state index in [1.54, 1.807) is 6.07 Å². The molecular weight excluding hydrogens is 372 g/mol. The average molecular weight is 402 g/mol. The van der Waals surface area contributed by atoms with Crippen molar-refractivity contribution in [3.05, 3.63) is 45.5 Å². The summed E-state index contributed by atoms with van der Waals surface area (Å²) in [5.41, 5.74) is 2.34. The molecule has 0 radical (unpaired) electrons. The smallest absolute Gasteiger partial charge is 0.270 e. The van der Waals surface area contributed by atoms with Gasteiger partial charge in [0.2, 0.25) is 0 Å². The fourth-order valence-electron chi connectivity index (χ4n) is 3.73. The molecule has 1 aromatic carbocycles. The number of benzene rings is 1. The highest BCUT2D eigenvalue weighted by molar-refractivity contribution is 6.00. The van der Waals surface area contributed by atoms with E-state index in [1.165, 1.54) is 17.7 Å². The van der Waals surface area contributed by atoms with Crippen molar-refractivity contribution >= 4 is 17.3 Å². The van der Waals surface area contributed by atoms with Crippen LogP contribution in [0.3, 0.4) is 0 Å². The first-order valence-electron chi connectivity index (χ1n) is 10.2. The van der Waals surface area contributed by atoms with Crippen LogP contribution in [0.2, 0.25) is 0 Å². The number of rotatable bonds is 6. The van der Waals surface area contributed by atoms with Crippen molar-refractivity contribution in [3.8, 4) is 0 Å². The Labute approximate surface area is 171 Å². The number of carbonyl (C=O) groups excluding carboxylic acids is 1. The van der Waals surface area contributed by atoms with Crippen LogP contribution in [0.15, 0.2) is 29.8 Å². The predicted molar refractivity (Wildman–Crippen MR) is 112 cm³/mol. The fourth-order valence-corrected chi connectivity index (χ4v) is 3.73. The quantitative estimate of drug-likeness (QED) is 0.447. The minimum absolute atomic E-state index is 0.0660. The number of nitro benzene ring substituents is 1. The summed E-state index contributed by atoms with van der Waals surface area (Å²) in [6.45, 7) is 9.50. The van der Waals surface area contributed by atoms with E-state index in [0.717, 1.165) is 38.2 Å². The summed E-state index contributed by atoms with van der Waals surface area (Å²) in [6.07, 6.45) is 3.98. The Bertz CT molecular complexity index is 762. The van der Waals surface area contributed by atoms with Crippen LogP contribution in [0.1, 0.15) is 37.0 Å². The summed E-state index contributed by atoms with van der Waals surface area (Å²) in [7, 11) is 0. The van der Waals surface area contributed by atoms with E-state index in [1.807, 2.05) is 0 Å². The van der Waals surface area contributed by atoms with Crippen molar-refractivity contribution in [1.82, 2.24) is 10.2 Å². The topological polar surface area (TPSA) is 88.0 Å². The van der Waals surface area contributed by atoms with E-state index in [0.29, 0.717) is 31.9 Å². The number of likely N-dealkylation sites (tertiary alicyclic amines) is 1. The molecule has 29 heavy (non-hydrogen) atoms. The predicted octanol–water partition coefficient (Wildman–Crippen LogP) is 2.59. The van der Waals surface area contributed by atoms with Gasteiger partial charge in [-0.3, -0.25) is 19.8 Å². The highest BCUT2D eigenvalue weighted by Crippen LogP contribution is 2.27. The van der Waals surface area contributed by atoms with Crippen LogP contribution in [0.4, 0.5) is 11.4 Å². The molecule has 8 nitrogen and oxygen atoms in total. The van der Waals surface area contributed by atoms with Gasteiger partial charge < -0.3 is 15.0 Å². The second kappa shape index (κ2) is 9.84. The summed E-state index contributed by atoms with van der Waals surface area (Å²) in [5, 5.41) is 14.3. The van der Waals surface area contributed by atoms with Gasteiger partial charge in [-0.2, -0.15) is 0 Å². The third-order valence-electron chi connectivity index (χ3n) is 5.47. The van der Waals surface area contributed by atoms with Gasteiger partial charge in [0.1, 0.15) is 0 Å². The second-order valence-electron chi connectivity index (χ2n) is 7.89. The lowest BCUT2D eigenvalue weighted by Crippen LogP contribution is -2.45. The number of allylic oxidation sites excluding steroid dienone is 1. The molecule has 0 aliphatic carbocycles. The number of hydrogen-bond donors (Lipinski definition) is 1. The van der Waals surface area contributed by atoms with E-state index in [2.05, 4.69) is 35.0 Å². The average Bonchev–Trinajstić information content (AvgIpc) is 2.73. The Balaban J connectivity index is 1.68. The second-order valence-corrected chi connectivity index (χ2v) is 7.89. The number of hydrogen-bond acceptors (Lipinski definition) is 6. The van der Waals surface area contributed by atoms with Crippen molar-refractivity contribution in [2.24, 2.45) is 0 Å². The Morgan fingerprint density at radius 2 is 1.93 bits per heavy atom. The third kappa shape index (κ3) is 5.77. The maximum atomic E-state index is 13.0. The summed E-state index contributed by atoms with van der Waals surface area (Å²) in [6, 6.07) is 4.62. The lowest BCUT2D eigenvalue weighted by Gasteiger charge is -2.33. The number of nitrogens with one attached hydrogen (secondary N) is 1. The molecule has 8 heteroatoms. The van der Waals surface area contributed by atoms with Gasteiger partial charge in [0, 0.05) is 50.9 Å². The third-order valence-corrected chi connectivity index (χ3v) is 5.47. The van der Waals surface area contributed by atoms with Gasteiger partial charge in [-0.1, -0.05) is 11.6 Å². The number of carbonyl (C=O) groups is 1. The molecular formula is C21H30N4O4. The van der Waals surface area contributed by atoms with Gasteiger partial charge in [-0.15, -0.1) is 0 Å². The zero-order valence-corrected chi connectivity index (χ0v) is 17.2. The van der Waals surface area contributed by atoms with Crippen LogP contribution >= 0.6 is 0 Å². The molecule has 2 aliphatic rings. The van der Waals surface area contributed by atoms with Crippen LogP contribution in [-0.4, -0.2) is 67.7 Å². The van der Waals surface area contributed by atoms with Crippen molar-refractivity contribution in [2.45, 2.75) is 32.7 Å². The first-order valence-corrected chi connectivity index (χ1v) is 10.2. The largest absolute Gasteiger partial charge is 0.378 e. The van der Waals surface area contributed by atoms with E-state index < -0.39 is 4.92 Å². The molecule has 0 saturated carbocycles. The summed E-state index contributed by atoms with van der Waals surface area (Å²) >= 11 is 0. The molecule has 3 rings (SSSR count). The van der Waals surface area contributed by atoms with Gasteiger partial charge in [-0.05, 0) is 32.8 Å². The van der Waals surface area contributed by atoms with Crippen LogP contribution < -0.4 is 10.2 Å². The molecule has 2 saturated heterocycles. The van der Waals surface area contributed by atoms with Crippen molar-refractivity contribution in [1.29, 1.82) is 0 Å². The summed E-state index contributed by atoms with van der Waals surface area (Å²) < 4.78 is 5.39. The zero-order valence-electron chi connectivity index (χ0n) is 17.2. The number of ether oxygens (including phenoxy) is 1. The molecule has 158 valence electrons. The maximum absolute atomic E-state index is 13.0. The van der Waals surface area contributed by atoms with Crippen LogP contribution in [0.5, 0.6) is 0 Å². The summed E-state index contributed by atoms with van der Waals surface area (Å²) in [4.78, 5) is 28.2. The molecule has 0 atom stereocenters. The number of nitro groups is 1. The van der Waals surface area contributed by atoms with E-state index >= 15 is 0 Å². The van der Waals surface area contributed by atoms with Gasteiger partial charge in [0.15, 0.2) is 0 Å². The lowest BCUT2D eigenvalue weighted by atomic mass is 10.0. The number of non-ortho nitro benzene ring substituents is 1. The van der Waals surface area contributed by atoms with Gasteiger partial charge in [-0.25, -0.2) is 0 Å². The fraction of sp³-hybridized carbons (Fsp3) is 0.571. The minimum atomic E-state index is -0.457. The molecule has 0 aromatic heterocycles. The van der Waals surface area contributed by atoms with Gasteiger partial charge >= 0.3 is 0 Å². The Kier molecular flexibility index (Phi) is 7.22. The lowest BCUT2D eigenvalue weighted by molar-refractivity contribution is -0.384. The normalized spacial score (nSPS) is 18.3. The van der Waals surface area contributed by atoms with Gasteiger partial charge in [0.05, 0.1) is 29.4 Å². The first-order chi connectivity index (χ1) is 13.9. The molecule has 0 unspecified atom stereocenters. The Morgan fingerprint density at radius 3 is 2.55 bits per heavy atom. The van der Waals surface area contributed by atoms with Crippen molar-refractivity contribution in [2.75, 3.05) is 50.8 Å².